The van der Waals surface area contributed by atoms with E-state index < -0.39 is 0 Å². The van der Waals surface area contributed by atoms with Gasteiger partial charge in [-0.1, -0.05) is 18.7 Å². The molecule has 2 heterocycles. The van der Waals surface area contributed by atoms with Crippen LogP contribution in [0, 0.1) is 13.8 Å². The molecule has 0 fully saturated rings. The van der Waals surface area contributed by atoms with E-state index in [0.29, 0.717) is 17.5 Å². The molecule has 31 heavy (non-hydrogen) atoms. The summed E-state index contributed by atoms with van der Waals surface area (Å²) in [5.74, 6) is 0.976. The summed E-state index contributed by atoms with van der Waals surface area (Å²) in [6.45, 7) is 9.43. The van der Waals surface area contributed by atoms with Gasteiger partial charge in [-0.25, -0.2) is 4.98 Å². The third kappa shape index (κ3) is 4.90. The fraction of sp³-hybridized carbons (Fsp3) is 0.208. The maximum atomic E-state index is 11.6. The Morgan fingerprint density at radius 1 is 1.10 bits per heavy atom. The number of benzene rings is 2. The Balaban J connectivity index is 1.55. The lowest BCUT2D eigenvalue weighted by atomic mass is 9.97. The molecule has 1 aliphatic heterocycles. The van der Waals surface area contributed by atoms with Gasteiger partial charge >= 0.3 is 0 Å². The van der Waals surface area contributed by atoms with Gasteiger partial charge in [0.2, 0.25) is 11.9 Å². The van der Waals surface area contributed by atoms with Crippen LogP contribution in [-0.2, 0) is 17.8 Å². The van der Waals surface area contributed by atoms with Gasteiger partial charge < -0.3 is 21.3 Å². The van der Waals surface area contributed by atoms with Crippen LogP contribution in [0.15, 0.2) is 55.3 Å². The molecule has 0 spiro atoms. The molecule has 2 aromatic carbocycles. The highest BCUT2D eigenvalue weighted by Gasteiger charge is 2.13. The van der Waals surface area contributed by atoms with Crippen molar-refractivity contribution in [3.8, 4) is 0 Å². The summed E-state index contributed by atoms with van der Waals surface area (Å²) in [6.07, 6.45) is 4.05. The van der Waals surface area contributed by atoms with Crippen LogP contribution < -0.4 is 21.3 Å². The molecule has 7 heteroatoms. The summed E-state index contributed by atoms with van der Waals surface area (Å²) in [4.78, 5) is 20.7. The molecule has 0 saturated heterocycles. The standard InChI is InChI=1S/C24H26N6O/c1-4-22(31)27-19-6-5-7-20(12-19)28-23-16(3)13-26-24(30-23)29-21-11-17-8-9-25-14-18(17)10-15(21)2/h4-7,10-13,25H,1,8-9,14H2,2-3H3,(H,27,31)(H2,26,28,29,30). The average Bonchev–Trinajstić information content (AvgIpc) is 2.76. The van der Waals surface area contributed by atoms with Crippen LogP contribution in [0.5, 0.6) is 0 Å². The molecule has 0 bridgehead atoms. The molecule has 1 aromatic heterocycles. The number of amides is 1. The Labute approximate surface area is 182 Å². The number of fused-ring (bicyclic) bond motifs is 1. The third-order valence-corrected chi connectivity index (χ3v) is 5.23. The smallest absolute Gasteiger partial charge is 0.247 e. The number of nitrogens with zero attached hydrogens (tertiary/aromatic N) is 2. The zero-order valence-electron chi connectivity index (χ0n) is 17.7. The highest BCUT2D eigenvalue weighted by molar-refractivity contribution is 5.99. The van der Waals surface area contributed by atoms with E-state index in [1.807, 2.05) is 31.2 Å². The van der Waals surface area contributed by atoms with Crippen LogP contribution in [0.4, 0.5) is 28.8 Å². The fourth-order valence-corrected chi connectivity index (χ4v) is 3.54. The second-order valence-corrected chi connectivity index (χ2v) is 7.61. The van der Waals surface area contributed by atoms with Gasteiger partial charge in [-0.15, -0.1) is 0 Å². The minimum Gasteiger partial charge on any atom is -0.340 e. The second kappa shape index (κ2) is 8.97. The van der Waals surface area contributed by atoms with E-state index in [1.165, 1.54) is 17.2 Å². The van der Waals surface area contributed by atoms with Crippen molar-refractivity contribution in [2.75, 3.05) is 22.5 Å². The molecular weight excluding hydrogens is 388 g/mol. The van der Waals surface area contributed by atoms with Gasteiger partial charge in [0.1, 0.15) is 5.82 Å². The lowest BCUT2D eigenvalue weighted by Gasteiger charge is -2.20. The minimum absolute atomic E-state index is 0.252. The van der Waals surface area contributed by atoms with Crippen molar-refractivity contribution in [2.24, 2.45) is 0 Å². The van der Waals surface area contributed by atoms with E-state index in [0.717, 1.165) is 42.0 Å². The molecule has 0 unspecified atom stereocenters. The largest absolute Gasteiger partial charge is 0.340 e. The normalized spacial score (nSPS) is 12.6. The zero-order valence-corrected chi connectivity index (χ0v) is 17.7. The van der Waals surface area contributed by atoms with Gasteiger partial charge in [-0.3, -0.25) is 4.79 Å². The number of nitrogens with one attached hydrogen (secondary N) is 4. The van der Waals surface area contributed by atoms with E-state index in [9.17, 15) is 4.79 Å². The molecule has 4 N–H and O–H groups in total. The Bertz CT molecular complexity index is 1140. The molecular formula is C24H26N6O. The topological polar surface area (TPSA) is 91.0 Å². The SMILES string of the molecule is C=CC(=O)Nc1cccc(Nc2nc(Nc3cc4c(cc3C)CNCC4)ncc2C)c1. The predicted molar refractivity (Wildman–Crippen MR) is 125 cm³/mol. The van der Waals surface area contributed by atoms with Gasteiger partial charge in [-0.2, -0.15) is 4.98 Å². The second-order valence-electron chi connectivity index (χ2n) is 7.61. The molecule has 7 nitrogen and oxygen atoms in total. The quantitative estimate of drug-likeness (QED) is 0.448. The highest BCUT2D eigenvalue weighted by atomic mass is 16.1. The predicted octanol–water partition coefficient (Wildman–Crippen LogP) is 4.35. The van der Waals surface area contributed by atoms with E-state index in [2.05, 4.69) is 56.9 Å². The first kappa shape index (κ1) is 20.6. The first-order chi connectivity index (χ1) is 15.0. The molecule has 4 rings (SSSR count). The van der Waals surface area contributed by atoms with E-state index in [4.69, 9.17) is 0 Å². The first-order valence-electron chi connectivity index (χ1n) is 10.3. The number of carbonyl (C=O) groups excluding carboxylic acids is 1. The lowest BCUT2D eigenvalue weighted by Crippen LogP contribution is -2.23. The highest BCUT2D eigenvalue weighted by Crippen LogP contribution is 2.27. The minimum atomic E-state index is -0.252. The van der Waals surface area contributed by atoms with Crippen LogP contribution in [0.2, 0.25) is 0 Å². The van der Waals surface area contributed by atoms with Crippen molar-refractivity contribution in [3.63, 3.8) is 0 Å². The maximum Gasteiger partial charge on any atom is 0.247 e. The molecule has 0 saturated carbocycles. The lowest BCUT2D eigenvalue weighted by molar-refractivity contribution is -0.111. The van der Waals surface area contributed by atoms with Crippen molar-refractivity contribution in [2.45, 2.75) is 26.8 Å². The average molecular weight is 415 g/mol. The van der Waals surface area contributed by atoms with Crippen LogP contribution >= 0.6 is 0 Å². The number of anilines is 5. The van der Waals surface area contributed by atoms with Gasteiger partial charge in [0.15, 0.2) is 0 Å². The van der Waals surface area contributed by atoms with Gasteiger partial charge in [0.25, 0.3) is 0 Å². The van der Waals surface area contributed by atoms with Crippen molar-refractivity contribution in [1.82, 2.24) is 15.3 Å². The Morgan fingerprint density at radius 3 is 2.77 bits per heavy atom. The van der Waals surface area contributed by atoms with Crippen LogP contribution in [0.3, 0.4) is 0 Å². The van der Waals surface area contributed by atoms with Crippen LogP contribution in [-0.4, -0.2) is 22.4 Å². The number of hydrogen-bond donors (Lipinski definition) is 4. The molecule has 1 amide bonds. The van der Waals surface area contributed by atoms with Crippen molar-refractivity contribution in [3.05, 3.63) is 77.5 Å². The van der Waals surface area contributed by atoms with Crippen molar-refractivity contribution in [1.29, 1.82) is 0 Å². The number of aromatic nitrogens is 2. The maximum absolute atomic E-state index is 11.6. The molecule has 158 valence electrons. The molecule has 3 aromatic rings. The van der Waals surface area contributed by atoms with Crippen molar-refractivity contribution >= 4 is 34.7 Å². The number of aryl methyl sites for hydroxylation is 2. The fourth-order valence-electron chi connectivity index (χ4n) is 3.54. The zero-order chi connectivity index (χ0) is 21.8. The van der Waals surface area contributed by atoms with Gasteiger partial charge in [-0.05, 0) is 73.8 Å². The van der Waals surface area contributed by atoms with E-state index in [1.54, 1.807) is 6.20 Å². The summed E-state index contributed by atoms with van der Waals surface area (Å²) < 4.78 is 0. The summed E-state index contributed by atoms with van der Waals surface area (Å²) in [5.41, 5.74) is 7.29. The summed E-state index contributed by atoms with van der Waals surface area (Å²) in [6, 6.07) is 11.9. The van der Waals surface area contributed by atoms with Gasteiger partial charge in [0.05, 0.1) is 0 Å². The molecule has 0 radical (unpaired) electrons. The molecule has 1 aliphatic rings. The number of hydrogen-bond acceptors (Lipinski definition) is 6. The summed E-state index contributed by atoms with van der Waals surface area (Å²) in [5, 5.41) is 12.9. The van der Waals surface area contributed by atoms with E-state index >= 15 is 0 Å². The van der Waals surface area contributed by atoms with Crippen molar-refractivity contribution < 1.29 is 4.79 Å². The Kier molecular flexibility index (Phi) is 5.95. The van der Waals surface area contributed by atoms with Gasteiger partial charge in [0, 0.05) is 35.4 Å². The number of carbonyl (C=O) groups is 1. The molecule has 0 atom stereocenters. The summed E-state index contributed by atoms with van der Waals surface area (Å²) in [7, 11) is 0. The van der Waals surface area contributed by atoms with Crippen LogP contribution in [0.25, 0.3) is 0 Å². The van der Waals surface area contributed by atoms with Crippen LogP contribution in [0.1, 0.15) is 22.3 Å². The summed E-state index contributed by atoms with van der Waals surface area (Å²) >= 11 is 0. The monoisotopic (exact) mass is 414 g/mol. The first-order valence-corrected chi connectivity index (χ1v) is 10.3. The Morgan fingerprint density at radius 2 is 1.94 bits per heavy atom. The Hall–Kier alpha value is -3.71. The number of rotatable bonds is 6. The molecule has 0 aliphatic carbocycles. The van der Waals surface area contributed by atoms with E-state index in [-0.39, 0.29) is 5.91 Å². The third-order valence-electron chi connectivity index (χ3n) is 5.23.